The second-order valence-corrected chi connectivity index (χ2v) is 9.01. The number of hydrogen-bond donors (Lipinski definition) is 1. The van der Waals surface area contributed by atoms with E-state index in [4.69, 9.17) is 9.84 Å². The number of nitrogens with zero attached hydrogens (tertiary/aromatic N) is 1. The van der Waals surface area contributed by atoms with Crippen LogP contribution >= 0.6 is 11.8 Å². The summed E-state index contributed by atoms with van der Waals surface area (Å²) in [5, 5.41) is 9.03. The standard InChI is InChI=1S/C24H21F6NO4S/c1-35-16-4-2-3-5-17(16)36-18-8-6-14(20(23(25,26)27)21(18)24(28,29)30)7-9-19(32)31-12-10-15(11-13-31)22(33)34/h2-9,15H,10-13H2,1H3,(H,33,34)/b9-7+. The van der Waals surface area contributed by atoms with Crippen LogP contribution in [-0.2, 0) is 21.9 Å². The Morgan fingerprint density at radius 1 is 0.972 bits per heavy atom. The summed E-state index contributed by atoms with van der Waals surface area (Å²) in [5.74, 6) is -2.14. The highest BCUT2D eigenvalue weighted by Crippen LogP contribution is 2.49. The fourth-order valence-corrected chi connectivity index (χ4v) is 4.94. The van der Waals surface area contributed by atoms with Gasteiger partial charge in [0.2, 0.25) is 5.91 Å². The number of aliphatic carboxylic acids is 1. The molecule has 0 aromatic heterocycles. The van der Waals surface area contributed by atoms with Crippen molar-refractivity contribution in [2.24, 2.45) is 5.92 Å². The lowest BCUT2D eigenvalue weighted by Crippen LogP contribution is -2.39. The highest BCUT2D eigenvalue weighted by molar-refractivity contribution is 7.99. The van der Waals surface area contributed by atoms with Gasteiger partial charge < -0.3 is 14.7 Å². The van der Waals surface area contributed by atoms with Gasteiger partial charge in [-0.3, -0.25) is 9.59 Å². The van der Waals surface area contributed by atoms with Crippen LogP contribution in [0.5, 0.6) is 5.75 Å². The number of amides is 1. The molecule has 1 aliphatic heterocycles. The molecule has 1 aliphatic rings. The molecule has 0 saturated carbocycles. The predicted octanol–water partition coefficient (Wildman–Crippen LogP) is 6.22. The first-order valence-corrected chi connectivity index (χ1v) is 11.5. The number of rotatable bonds is 6. The third-order valence-electron chi connectivity index (χ3n) is 5.62. The summed E-state index contributed by atoms with van der Waals surface area (Å²) in [6, 6.07) is 7.81. The highest BCUT2D eigenvalue weighted by atomic mass is 32.2. The molecule has 1 saturated heterocycles. The van der Waals surface area contributed by atoms with Gasteiger partial charge in [-0.25, -0.2) is 0 Å². The van der Waals surface area contributed by atoms with Crippen LogP contribution in [-0.4, -0.2) is 42.1 Å². The number of hydrogen-bond acceptors (Lipinski definition) is 4. The van der Waals surface area contributed by atoms with Crippen LogP contribution in [0, 0.1) is 5.92 Å². The van der Waals surface area contributed by atoms with E-state index in [1.807, 2.05) is 0 Å². The Morgan fingerprint density at radius 2 is 1.58 bits per heavy atom. The van der Waals surface area contributed by atoms with Crippen molar-refractivity contribution in [2.45, 2.75) is 35.0 Å². The van der Waals surface area contributed by atoms with Crippen molar-refractivity contribution in [1.82, 2.24) is 4.90 Å². The minimum atomic E-state index is -5.37. The van der Waals surface area contributed by atoms with Crippen molar-refractivity contribution in [3.8, 4) is 5.75 Å². The molecule has 1 N–H and O–H groups in total. The van der Waals surface area contributed by atoms with Crippen molar-refractivity contribution in [3.63, 3.8) is 0 Å². The first-order chi connectivity index (χ1) is 16.8. The summed E-state index contributed by atoms with van der Waals surface area (Å²) >= 11 is 0.489. The minimum absolute atomic E-state index is 0.0779. The van der Waals surface area contributed by atoms with E-state index in [1.165, 1.54) is 30.2 Å². The summed E-state index contributed by atoms with van der Waals surface area (Å²) in [6.07, 6.45) is -8.88. The summed E-state index contributed by atoms with van der Waals surface area (Å²) in [6.45, 7) is 0.156. The molecule has 3 rings (SSSR count). The maximum absolute atomic E-state index is 14.0. The number of carboxylic acids is 1. The van der Waals surface area contributed by atoms with E-state index < -0.39 is 51.7 Å². The molecule has 194 valence electrons. The lowest BCUT2D eigenvalue weighted by Gasteiger charge is -2.29. The molecule has 0 aliphatic carbocycles. The molecule has 0 unspecified atom stereocenters. The van der Waals surface area contributed by atoms with E-state index in [2.05, 4.69) is 0 Å². The average molecular weight is 533 g/mol. The van der Waals surface area contributed by atoms with Gasteiger partial charge in [-0.05, 0) is 42.7 Å². The van der Waals surface area contributed by atoms with E-state index in [1.54, 1.807) is 6.07 Å². The Balaban J connectivity index is 2.00. The third kappa shape index (κ3) is 6.34. The number of para-hydroxylation sites is 1. The Kier molecular flexibility index (Phi) is 8.27. The van der Waals surface area contributed by atoms with E-state index in [0.29, 0.717) is 17.8 Å². The quantitative estimate of drug-likeness (QED) is 0.353. The van der Waals surface area contributed by atoms with E-state index in [-0.39, 0.29) is 36.6 Å². The number of carbonyl (C=O) groups is 2. The highest BCUT2D eigenvalue weighted by Gasteiger charge is 2.46. The molecular formula is C24H21F6NO4S. The number of methoxy groups -OCH3 is 1. The van der Waals surface area contributed by atoms with Gasteiger partial charge in [0.15, 0.2) is 0 Å². The number of ether oxygens (including phenoxy) is 1. The second-order valence-electron chi connectivity index (χ2n) is 7.92. The molecule has 0 radical (unpaired) electrons. The Labute approximate surface area is 206 Å². The largest absolute Gasteiger partial charge is 0.496 e. The zero-order valence-corrected chi connectivity index (χ0v) is 19.6. The van der Waals surface area contributed by atoms with Gasteiger partial charge in [0.05, 0.1) is 29.1 Å². The zero-order valence-electron chi connectivity index (χ0n) is 18.8. The maximum atomic E-state index is 14.0. The molecule has 1 heterocycles. The lowest BCUT2D eigenvalue weighted by atomic mass is 9.97. The SMILES string of the molecule is COc1ccccc1Sc1ccc(/C=C/C(=O)N2CCC(C(=O)O)CC2)c(C(F)(F)F)c1C(F)(F)F. The molecule has 0 bridgehead atoms. The molecule has 5 nitrogen and oxygen atoms in total. The molecule has 1 amide bonds. The molecule has 2 aromatic carbocycles. The van der Waals surface area contributed by atoms with Gasteiger partial charge in [-0.15, -0.1) is 0 Å². The first-order valence-electron chi connectivity index (χ1n) is 10.6. The molecule has 1 fully saturated rings. The Morgan fingerprint density at radius 3 is 2.14 bits per heavy atom. The Bertz CT molecular complexity index is 1150. The topological polar surface area (TPSA) is 66.8 Å². The van der Waals surface area contributed by atoms with Crippen molar-refractivity contribution >= 4 is 29.7 Å². The van der Waals surface area contributed by atoms with Crippen LogP contribution in [0.25, 0.3) is 6.08 Å². The predicted molar refractivity (Wildman–Crippen MR) is 120 cm³/mol. The van der Waals surface area contributed by atoms with Crippen molar-refractivity contribution < 1.29 is 45.8 Å². The van der Waals surface area contributed by atoms with Crippen molar-refractivity contribution in [3.05, 3.63) is 59.2 Å². The number of carboxylic acid groups (broad SMARTS) is 1. The molecule has 36 heavy (non-hydrogen) atoms. The zero-order chi connectivity index (χ0) is 26.7. The number of piperidine rings is 1. The molecular weight excluding hydrogens is 512 g/mol. The normalized spacial score (nSPS) is 15.4. The van der Waals surface area contributed by atoms with Crippen molar-refractivity contribution in [2.75, 3.05) is 20.2 Å². The summed E-state index contributed by atoms with van der Waals surface area (Å²) in [5.41, 5.74) is -4.57. The first kappa shape index (κ1) is 27.4. The van der Waals surface area contributed by atoms with Crippen LogP contribution in [0.1, 0.15) is 29.5 Å². The van der Waals surface area contributed by atoms with Crippen molar-refractivity contribution in [1.29, 1.82) is 0 Å². The van der Waals surface area contributed by atoms with Gasteiger partial charge in [0, 0.05) is 24.1 Å². The van der Waals surface area contributed by atoms with E-state index in [9.17, 15) is 35.9 Å². The van der Waals surface area contributed by atoms with Gasteiger partial charge in [0.1, 0.15) is 5.75 Å². The van der Waals surface area contributed by atoms with Crippen LogP contribution < -0.4 is 4.74 Å². The van der Waals surface area contributed by atoms with E-state index in [0.717, 1.165) is 18.2 Å². The number of halogens is 6. The fraction of sp³-hybridized carbons (Fsp3) is 0.333. The maximum Gasteiger partial charge on any atom is 0.418 e. The third-order valence-corrected chi connectivity index (χ3v) is 6.73. The van der Waals surface area contributed by atoms with Gasteiger partial charge >= 0.3 is 18.3 Å². The average Bonchev–Trinajstić information content (AvgIpc) is 2.81. The smallest absolute Gasteiger partial charge is 0.418 e. The minimum Gasteiger partial charge on any atom is -0.496 e. The summed E-state index contributed by atoms with van der Waals surface area (Å²) < 4.78 is 89.1. The molecule has 0 spiro atoms. The van der Waals surface area contributed by atoms with Gasteiger partial charge in [-0.2, -0.15) is 26.3 Å². The number of benzene rings is 2. The fourth-order valence-electron chi connectivity index (χ4n) is 3.85. The number of alkyl halides is 6. The van der Waals surface area contributed by atoms with Gasteiger partial charge in [0.25, 0.3) is 0 Å². The Hall–Kier alpha value is -3.15. The molecule has 2 aromatic rings. The van der Waals surface area contributed by atoms with Crippen LogP contribution in [0.3, 0.4) is 0 Å². The lowest BCUT2D eigenvalue weighted by molar-refractivity contribution is -0.163. The van der Waals surface area contributed by atoms with Crippen LogP contribution in [0.15, 0.2) is 52.3 Å². The summed E-state index contributed by atoms with van der Waals surface area (Å²) in [7, 11) is 1.29. The van der Waals surface area contributed by atoms with Gasteiger partial charge in [-0.1, -0.05) is 30.0 Å². The second kappa shape index (κ2) is 10.9. The monoisotopic (exact) mass is 533 g/mol. The van der Waals surface area contributed by atoms with Crippen LogP contribution in [0.4, 0.5) is 26.3 Å². The van der Waals surface area contributed by atoms with Crippen LogP contribution in [0.2, 0.25) is 0 Å². The van der Waals surface area contributed by atoms with E-state index >= 15 is 0 Å². The summed E-state index contributed by atoms with van der Waals surface area (Å²) in [4.78, 5) is 24.3. The number of likely N-dealkylation sites (tertiary alicyclic amines) is 1. The molecule has 12 heteroatoms. The molecule has 0 atom stereocenters. The number of carbonyl (C=O) groups excluding carboxylic acids is 1.